The minimum Gasteiger partial charge on any atom is -0.468 e. The smallest absolute Gasteiger partial charge is 0.324 e. The van der Waals surface area contributed by atoms with Gasteiger partial charge in [0.15, 0.2) is 0 Å². The van der Waals surface area contributed by atoms with Gasteiger partial charge in [-0.1, -0.05) is 23.2 Å². The molecule has 1 aliphatic heterocycles. The van der Waals surface area contributed by atoms with Crippen LogP contribution in [0.1, 0.15) is 6.42 Å². The number of hydrogen-bond acceptors (Lipinski definition) is 5. The van der Waals surface area contributed by atoms with Gasteiger partial charge in [-0.3, -0.25) is 4.79 Å². The molecule has 1 aromatic carbocycles. The van der Waals surface area contributed by atoms with Crippen molar-refractivity contribution in [1.82, 2.24) is 4.31 Å². The average molecular weight is 363 g/mol. The number of benzene rings is 1. The van der Waals surface area contributed by atoms with E-state index in [0.29, 0.717) is 0 Å². The Morgan fingerprint density at radius 1 is 1.36 bits per heavy atom. The number of rotatable bonds is 3. The second-order valence-electron chi connectivity index (χ2n) is 4.78. The van der Waals surface area contributed by atoms with E-state index < -0.39 is 28.0 Å². The summed E-state index contributed by atoms with van der Waals surface area (Å²) in [5.41, 5.74) is 0. The summed E-state index contributed by atoms with van der Waals surface area (Å²) >= 11 is 11.7. The minimum atomic E-state index is -4.02. The Labute approximate surface area is 138 Å². The Kier molecular flexibility index (Phi) is 4.97. The Morgan fingerprint density at radius 2 is 1.95 bits per heavy atom. The van der Waals surface area contributed by atoms with E-state index in [1.807, 2.05) is 6.07 Å². The molecule has 1 aliphatic rings. The van der Waals surface area contributed by atoms with Gasteiger partial charge in [-0.15, -0.1) is 0 Å². The quantitative estimate of drug-likeness (QED) is 0.768. The second kappa shape index (κ2) is 6.42. The number of carbonyl (C=O) groups is 1. The minimum absolute atomic E-state index is 0.0806. The van der Waals surface area contributed by atoms with E-state index >= 15 is 0 Å². The number of carbonyl (C=O) groups excluding carboxylic acids is 1. The monoisotopic (exact) mass is 362 g/mol. The molecule has 9 heteroatoms. The number of methoxy groups -OCH3 is 1. The molecular weight excluding hydrogens is 351 g/mol. The molecule has 0 radical (unpaired) electrons. The van der Waals surface area contributed by atoms with Gasteiger partial charge in [0, 0.05) is 16.6 Å². The second-order valence-corrected chi connectivity index (χ2v) is 7.54. The zero-order valence-corrected chi connectivity index (χ0v) is 13.8. The highest BCUT2D eigenvalue weighted by molar-refractivity contribution is 7.89. The molecule has 118 valence electrons. The summed E-state index contributed by atoms with van der Waals surface area (Å²) in [5, 5.41) is 9.34. The predicted octanol–water partition coefficient (Wildman–Crippen LogP) is 2.07. The Morgan fingerprint density at radius 3 is 2.45 bits per heavy atom. The maximum absolute atomic E-state index is 12.7. The molecule has 1 heterocycles. The Bertz CT molecular complexity index is 725. The van der Waals surface area contributed by atoms with Gasteiger partial charge in [0.25, 0.3) is 0 Å². The van der Waals surface area contributed by atoms with E-state index in [1.54, 1.807) is 0 Å². The molecule has 0 spiro atoms. The van der Waals surface area contributed by atoms with Gasteiger partial charge in [0.2, 0.25) is 10.0 Å². The SMILES string of the molecule is COC(=O)[C@@H]1C[C@@H](C#N)CN1S(=O)(=O)c1cc(Cl)cc(Cl)c1. The lowest BCUT2D eigenvalue weighted by Crippen LogP contribution is -2.41. The Hall–Kier alpha value is -1.33. The number of sulfonamides is 1. The highest BCUT2D eigenvalue weighted by atomic mass is 35.5. The van der Waals surface area contributed by atoms with Crippen molar-refractivity contribution in [3.63, 3.8) is 0 Å². The molecule has 6 nitrogen and oxygen atoms in total. The van der Waals surface area contributed by atoms with Crippen molar-refractivity contribution in [3.05, 3.63) is 28.2 Å². The molecule has 2 rings (SSSR count). The van der Waals surface area contributed by atoms with Gasteiger partial charge in [0.1, 0.15) is 6.04 Å². The van der Waals surface area contributed by atoms with E-state index in [9.17, 15) is 13.2 Å². The normalized spacial score (nSPS) is 22.3. The fraction of sp³-hybridized carbons (Fsp3) is 0.385. The molecule has 1 fully saturated rings. The summed E-state index contributed by atoms with van der Waals surface area (Å²) in [6.45, 7) is -0.0806. The summed E-state index contributed by atoms with van der Waals surface area (Å²) in [7, 11) is -2.85. The number of hydrogen-bond donors (Lipinski definition) is 0. The van der Waals surface area contributed by atoms with Crippen LogP contribution >= 0.6 is 23.2 Å². The first-order valence-electron chi connectivity index (χ1n) is 6.25. The lowest BCUT2D eigenvalue weighted by molar-refractivity contribution is -0.144. The Balaban J connectivity index is 2.46. The average Bonchev–Trinajstić information content (AvgIpc) is 2.90. The van der Waals surface area contributed by atoms with Gasteiger partial charge < -0.3 is 4.74 Å². The molecule has 22 heavy (non-hydrogen) atoms. The molecule has 0 N–H and O–H groups in total. The van der Waals surface area contributed by atoms with Crippen LogP contribution < -0.4 is 0 Å². The third-order valence-electron chi connectivity index (χ3n) is 3.35. The van der Waals surface area contributed by atoms with Crippen molar-refractivity contribution in [2.45, 2.75) is 17.4 Å². The fourth-order valence-electron chi connectivity index (χ4n) is 2.33. The van der Waals surface area contributed by atoms with Gasteiger partial charge in [-0.25, -0.2) is 8.42 Å². The van der Waals surface area contributed by atoms with Crippen molar-refractivity contribution in [1.29, 1.82) is 5.26 Å². The van der Waals surface area contributed by atoms with E-state index in [0.717, 1.165) is 4.31 Å². The highest BCUT2D eigenvalue weighted by Crippen LogP contribution is 2.32. The molecule has 0 saturated carbocycles. The maximum atomic E-state index is 12.7. The van der Waals surface area contributed by atoms with Gasteiger partial charge >= 0.3 is 5.97 Å². The van der Waals surface area contributed by atoms with Crippen LogP contribution in [-0.2, 0) is 19.6 Å². The van der Waals surface area contributed by atoms with Gasteiger partial charge in [-0.05, 0) is 24.6 Å². The van der Waals surface area contributed by atoms with Crippen LogP contribution in [0.4, 0.5) is 0 Å². The third kappa shape index (κ3) is 3.20. The third-order valence-corrected chi connectivity index (χ3v) is 5.64. The maximum Gasteiger partial charge on any atom is 0.324 e. The zero-order chi connectivity index (χ0) is 16.5. The number of halogens is 2. The molecule has 1 aromatic rings. The van der Waals surface area contributed by atoms with Crippen LogP contribution in [0.15, 0.2) is 23.1 Å². The number of nitrogens with zero attached hydrogens (tertiary/aromatic N) is 2. The first kappa shape index (κ1) is 17.0. The lowest BCUT2D eigenvalue weighted by Gasteiger charge is -2.22. The van der Waals surface area contributed by atoms with E-state index in [2.05, 4.69) is 4.74 Å². The van der Waals surface area contributed by atoms with E-state index in [1.165, 1.54) is 25.3 Å². The van der Waals surface area contributed by atoms with Gasteiger partial charge in [-0.2, -0.15) is 9.57 Å². The van der Waals surface area contributed by atoms with Crippen molar-refractivity contribution >= 4 is 39.2 Å². The highest BCUT2D eigenvalue weighted by Gasteiger charge is 2.44. The van der Waals surface area contributed by atoms with Crippen LogP contribution in [0.3, 0.4) is 0 Å². The topological polar surface area (TPSA) is 87.5 Å². The van der Waals surface area contributed by atoms with Crippen LogP contribution in [0.2, 0.25) is 10.0 Å². The molecular formula is C13H12Cl2N2O4S. The summed E-state index contributed by atoms with van der Waals surface area (Å²) in [6.07, 6.45) is 0.0939. The summed E-state index contributed by atoms with van der Waals surface area (Å²) in [5.74, 6) is -1.28. The number of ether oxygens (including phenoxy) is 1. The van der Waals surface area contributed by atoms with Crippen molar-refractivity contribution < 1.29 is 17.9 Å². The molecule has 0 aliphatic carbocycles. The van der Waals surface area contributed by atoms with Crippen molar-refractivity contribution in [2.75, 3.05) is 13.7 Å². The van der Waals surface area contributed by atoms with Crippen LogP contribution in [0.5, 0.6) is 0 Å². The number of nitriles is 1. The largest absolute Gasteiger partial charge is 0.468 e. The summed E-state index contributed by atoms with van der Waals surface area (Å²) < 4.78 is 31.0. The molecule has 1 saturated heterocycles. The summed E-state index contributed by atoms with van der Waals surface area (Å²) in [4.78, 5) is 11.7. The van der Waals surface area contributed by atoms with Crippen molar-refractivity contribution in [3.8, 4) is 6.07 Å². The predicted molar refractivity (Wildman–Crippen MR) is 79.9 cm³/mol. The van der Waals surface area contributed by atoms with E-state index in [4.69, 9.17) is 28.5 Å². The lowest BCUT2D eigenvalue weighted by atomic mass is 10.1. The van der Waals surface area contributed by atoms with Crippen LogP contribution in [0.25, 0.3) is 0 Å². The standard InChI is InChI=1S/C13H12Cl2N2O4S/c1-21-13(18)12-2-8(6-16)7-17(12)22(19,20)11-4-9(14)3-10(15)5-11/h3-5,8,12H,2,7H2,1H3/t8-,12-/m0/s1. The van der Waals surface area contributed by atoms with Gasteiger partial charge in [0.05, 0.1) is 24.0 Å². The number of esters is 1. The fourth-order valence-corrected chi connectivity index (χ4v) is 4.69. The van der Waals surface area contributed by atoms with Crippen molar-refractivity contribution in [2.24, 2.45) is 5.92 Å². The molecule has 2 atom stereocenters. The summed E-state index contributed by atoms with van der Waals surface area (Å²) in [6, 6.07) is 4.85. The van der Waals surface area contributed by atoms with E-state index in [-0.39, 0.29) is 27.9 Å². The first-order chi connectivity index (χ1) is 10.3. The molecule has 0 bridgehead atoms. The molecule has 0 amide bonds. The first-order valence-corrected chi connectivity index (χ1v) is 8.44. The molecule has 0 unspecified atom stereocenters. The molecule has 0 aromatic heterocycles. The van der Waals surface area contributed by atoms with Crippen LogP contribution in [-0.4, -0.2) is 38.4 Å². The van der Waals surface area contributed by atoms with Crippen LogP contribution in [0, 0.1) is 17.2 Å². The zero-order valence-electron chi connectivity index (χ0n) is 11.5.